The predicted octanol–water partition coefficient (Wildman–Crippen LogP) is 3.74. The molecule has 27 heavy (non-hydrogen) atoms. The van der Waals surface area contributed by atoms with Crippen molar-refractivity contribution in [1.82, 2.24) is 9.88 Å². The van der Waals surface area contributed by atoms with E-state index in [0.717, 1.165) is 32.5 Å². The van der Waals surface area contributed by atoms with Crippen LogP contribution in [0, 0.1) is 10.1 Å². The van der Waals surface area contributed by atoms with Gasteiger partial charge in [-0.2, -0.15) is 0 Å². The molecule has 0 radical (unpaired) electrons. The van der Waals surface area contributed by atoms with Crippen LogP contribution >= 0.6 is 12.4 Å². The maximum atomic E-state index is 10.9. The van der Waals surface area contributed by atoms with Crippen molar-refractivity contribution in [2.75, 3.05) is 19.7 Å². The zero-order valence-corrected chi connectivity index (χ0v) is 15.7. The van der Waals surface area contributed by atoms with E-state index in [1.54, 1.807) is 12.1 Å². The van der Waals surface area contributed by atoms with Crippen molar-refractivity contribution in [3.05, 3.63) is 69.9 Å². The van der Waals surface area contributed by atoms with Crippen molar-refractivity contribution in [2.45, 2.75) is 19.4 Å². The van der Waals surface area contributed by atoms with E-state index in [4.69, 9.17) is 4.74 Å². The van der Waals surface area contributed by atoms with Crippen molar-refractivity contribution < 1.29 is 9.66 Å². The molecule has 0 amide bonds. The second-order valence-electron chi connectivity index (χ2n) is 6.45. The average Bonchev–Trinajstić information content (AvgIpc) is 2.81. The number of nitrogens with one attached hydrogen (secondary N) is 1. The van der Waals surface area contributed by atoms with Crippen molar-refractivity contribution in [3.8, 4) is 5.75 Å². The van der Waals surface area contributed by atoms with Crippen LogP contribution < -0.4 is 10.1 Å². The van der Waals surface area contributed by atoms with Gasteiger partial charge in [-0.3, -0.25) is 10.1 Å². The highest BCUT2D eigenvalue weighted by molar-refractivity contribution is 5.86. The maximum absolute atomic E-state index is 10.9. The number of non-ortho nitro benzene ring substituents is 1. The standard InChI is InChI=1S/C20H21N3O3.ClH/c24-23(25)15-4-3-5-16(14-15)26-13-12-22-19-7-2-1-6-17(19)18-8-10-21-11-9-20(18)22;/h1-7,14,21H,8-13H2;1H. The minimum Gasteiger partial charge on any atom is -0.491 e. The van der Waals surface area contributed by atoms with Crippen molar-refractivity contribution >= 4 is 29.0 Å². The molecule has 2 aromatic carbocycles. The number of fused-ring (bicyclic) bond motifs is 3. The maximum Gasteiger partial charge on any atom is 0.273 e. The Kier molecular flexibility index (Phi) is 5.98. The molecule has 1 N–H and O–H groups in total. The highest BCUT2D eigenvalue weighted by Crippen LogP contribution is 2.28. The minimum absolute atomic E-state index is 0. The summed E-state index contributed by atoms with van der Waals surface area (Å²) < 4.78 is 8.14. The Morgan fingerprint density at radius 2 is 1.93 bits per heavy atom. The predicted molar refractivity (Wildman–Crippen MR) is 108 cm³/mol. The molecule has 4 rings (SSSR count). The van der Waals surface area contributed by atoms with Gasteiger partial charge >= 0.3 is 0 Å². The van der Waals surface area contributed by atoms with Crippen LogP contribution in [0.5, 0.6) is 5.75 Å². The van der Waals surface area contributed by atoms with Crippen molar-refractivity contribution in [1.29, 1.82) is 0 Å². The van der Waals surface area contributed by atoms with E-state index in [-0.39, 0.29) is 18.1 Å². The molecule has 142 valence electrons. The molecule has 0 saturated heterocycles. The van der Waals surface area contributed by atoms with E-state index in [0.29, 0.717) is 12.4 Å². The molecular formula is C20H22ClN3O3. The average molecular weight is 388 g/mol. The van der Waals surface area contributed by atoms with E-state index in [1.165, 1.54) is 34.3 Å². The number of aromatic nitrogens is 1. The molecule has 2 heterocycles. The van der Waals surface area contributed by atoms with E-state index in [9.17, 15) is 10.1 Å². The number of nitro groups is 1. The molecule has 0 bridgehead atoms. The van der Waals surface area contributed by atoms with Crippen LogP contribution in [-0.2, 0) is 19.4 Å². The van der Waals surface area contributed by atoms with Gasteiger partial charge in [0.15, 0.2) is 0 Å². The molecule has 1 aliphatic rings. The monoisotopic (exact) mass is 387 g/mol. The summed E-state index contributed by atoms with van der Waals surface area (Å²) in [5.74, 6) is 0.531. The Morgan fingerprint density at radius 3 is 2.78 bits per heavy atom. The van der Waals surface area contributed by atoms with Crippen molar-refractivity contribution in [2.24, 2.45) is 0 Å². The first-order valence-electron chi connectivity index (χ1n) is 8.91. The summed E-state index contributed by atoms with van der Waals surface area (Å²) in [5, 5.41) is 15.7. The van der Waals surface area contributed by atoms with Gasteiger partial charge in [-0.1, -0.05) is 24.3 Å². The zero-order valence-electron chi connectivity index (χ0n) is 14.9. The fourth-order valence-corrected chi connectivity index (χ4v) is 3.73. The number of halogens is 1. The number of hydrogen-bond acceptors (Lipinski definition) is 4. The lowest BCUT2D eigenvalue weighted by Crippen LogP contribution is -2.18. The molecule has 0 fully saturated rings. The van der Waals surface area contributed by atoms with Crippen LogP contribution in [0.4, 0.5) is 5.69 Å². The van der Waals surface area contributed by atoms with Gasteiger partial charge in [-0.05, 0) is 30.7 Å². The van der Waals surface area contributed by atoms with E-state index in [2.05, 4.69) is 34.1 Å². The molecular weight excluding hydrogens is 366 g/mol. The molecule has 0 atom stereocenters. The summed E-state index contributed by atoms with van der Waals surface area (Å²) >= 11 is 0. The lowest BCUT2D eigenvalue weighted by atomic mass is 10.1. The minimum atomic E-state index is -0.404. The molecule has 6 nitrogen and oxygen atoms in total. The quantitative estimate of drug-likeness (QED) is 0.535. The smallest absolute Gasteiger partial charge is 0.273 e. The number of para-hydroxylation sites is 1. The number of rotatable bonds is 5. The second kappa shape index (κ2) is 8.41. The Morgan fingerprint density at radius 1 is 1.11 bits per heavy atom. The molecule has 0 unspecified atom stereocenters. The van der Waals surface area contributed by atoms with Crippen LogP contribution in [0.1, 0.15) is 11.3 Å². The fourth-order valence-electron chi connectivity index (χ4n) is 3.73. The largest absolute Gasteiger partial charge is 0.491 e. The molecule has 0 saturated carbocycles. The Labute approximate surface area is 163 Å². The van der Waals surface area contributed by atoms with Gasteiger partial charge in [-0.25, -0.2) is 0 Å². The molecule has 7 heteroatoms. The highest BCUT2D eigenvalue weighted by atomic mass is 35.5. The van der Waals surface area contributed by atoms with Gasteiger partial charge in [0.25, 0.3) is 5.69 Å². The van der Waals surface area contributed by atoms with Crippen LogP contribution in [0.15, 0.2) is 48.5 Å². The first-order valence-corrected chi connectivity index (χ1v) is 8.91. The molecule has 1 aromatic heterocycles. The van der Waals surface area contributed by atoms with E-state index >= 15 is 0 Å². The zero-order chi connectivity index (χ0) is 17.9. The third kappa shape index (κ3) is 3.91. The van der Waals surface area contributed by atoms with E-state index < -0.39 is 4.92 Å². The van der Waals surface area contributed by atoms with Crippen LogP contribution in [-0.4, -0.2) is 29.2 Å². The summed E-state index contributed by atoms with van der Waals surface area (Å²) in [5.41, 5.74) is 4.09. The summed E-state index contributed by atoms with van der Waals surface area (Å²) in [4.78, 5) is 10.5. The third-order valence-electron chi connectivity index (χ3n) is 4.90. The Hall–Kier alpha value is -2.57. The van der Waals surface area contributed by atoms with Gasteiger partial charge < -0.3 is 14.6 Å². The Balaban J connectivity index is 0.00000210. The molecule has 0 aliphatic carbocycles. The molecule has 0 spiro atoms. The lowest BCUT2D eigenvalue weighted by molar-refractivity contribution is -0.384. The number of ether oxygens (including phenoxy) is 1. The van der Waals surface area contributed by atoms with E-state index in [1.807, 2.05) is 0 Å². The van der Waals surface area contributed by atoms with Crippen LogP contribution in [0.25, 0.3) is 10.9 Å². The normalized spacial score (nSPS) is 13.5. The first kappa shape index (κ1) is 19.2. The third-order valence-corrected chi connectivity index (χ3v) is 4.90. The molecule has 3 aromatic rings. The highest BCUT2D eigenvalue weighted by Gasteiger charge is 2.18. The number of nitrogens with zero attached hydrogens (tertiary/aromatic N) is 2. The summed E-state index contributed by atoms with van der Waals surface area (Å²) in [7, 11) is 0. The molecule has 1 aliphatic heterocycles. The number of benzene rings is 2. The van der Waals surface area contributed by atoms with Gasteiger partial charge in [0, 0.05) is 35.6 Å². The lowest BCUT2D eigenvalue weighted by Gasteiger charge is -2.12. The van der Waals surface area contributed by atoms with Gasteiger partial charge in [-0.15, -0.1) is 12.4 Å². The van der Waals surface area contributed by atoms with Crippen LogP contribution in [0.2, 0.25) is 0 Å². The fraction of sp³-hybridized carbons (Fsp3) is 0.300. The summed E-state index contributed by atoms with van der Waals surface area (Å²) in [6.45, 7) is 3.18. The summed E-state index contributed by atoms with van der Waals surface area (Å²) in [6.07, 6.45) is 2.04. The number of hydrogen-bond donors (Lipinski definition) is 1. The number of nitro benzene ring substituents is 1. The van der Waals surface area contributed by atoms with Gasteiger partial charge in [0.05, 0.1) is 17.5 Å². The van der Waals surface area contributed by atoms with Gasteiger partial charge in [0.2, 0.25) is 0 Å². The Bertz CT molecular complexity index is 955. The SMILES string of the molecule is Cl.O=[N+]([O-])c1cccc(OCCn2c3c(c4ccccc42)CCNCC3)c1. The van der Waals surface area contributed by atoms with Gasteiger partial charge in [0.1, 0.15) is 12.4 Å². The van der Waals surface area contributed by atoms with Crippen LogP contribution in [0.3, 0.4) is 0 Å². The topological polar surface area (TPSA) is 69.3 Å². The van der Waals surface area contributed by atoms with Crippen molar-refractivity contribution in [3.63, 3.8) is 0 Å². The second-order valence-corrected chi connectivity index (χ2v) is 6.45. The summed E-state index contributed by atoms with van der Waals surface area (Å²) in [6, 6.07) is 14.9. The first-order chi connectivity index (χ1) is 12.7.